The van der Waals surface area contributed by atoms with Crippen molar-refractivity contribution in [2.45, 2.75) is 18.9 Å². The summed E-state index contributed by atoms with van der Waals surface area (Å²) in [6.07, 6.45) is 4.06. The van der Waals surface area contributed by atoms with E-state index in [4.69, 9.17) is 34.0 Å². The molecule has 2 N–H and O–H groups in total. The van der Waals surface area contributed by atoms with Crippen LogP contribution < -0.4 is 29.7 Å². The van der Waals surface area contributed by atoms with Crippen molar-refractivity contribution in [2.24, 2.45) is 16.8 Å². The van der Waals surface area contributed by atoms with Gasteiger partial charge in [-0.1, -0.05) is 58.6 Å². The molecule has 7 heteroatoms. The first-order valence-electron chi connectivity index (χ1n) is 8.17. The van der Waals surface area contributed by atoms with Crippen LogP contribution in [-0.2, 0) is 6.42 Å². The molecule has 0 fully saturated rings. The van der Waals surface area contributed by atoms with Crippen molar-refractivity contribution >= 4 is 45.8 Å². The Hall–Kier alpha value is -0.760. The molecule has 0 unspecified atom stereocenters. The normalized spacial score (nSPS) is 22.8. The van der Waals surface area contributed by atoms with Gasteiger partial charge in [0.15, 0.2) is 6.04 Å². The van der Waals surface area contributed by atoms with Crippen molar-refractivity contribution in [2.75, 3.05) is 6.26 Å². The molecular formula is C19H18Cl2IN3S. The maximum atomic E-state index is 6.29. The van der Waals surface area contributed by atoms with Crippen LogP contribution >= 0.6 is 35.0 Å². The number of nitrogens with two attached hydrogens (primary N) is 1. The minimum absolute atomic E-state index is 0. The fourth-order valence-corrected chi connectivity index (χ4v) is 4.42. The van der Waals surface area contributed by atoms with Crippen LogP contribution in [0.3, 0.4) is 0 Å². The highest BCUT2D eigenvalue weighted by Crippen LogP contribution is 2.42. The molecule has 0 spiro atoms. The minimum atomic E-state index is 0. The third kappa shape index (κ3) is 3.39. The Kier molecular flexibility index (Phi) is 6.22. The molecule has 1 aliphatic heterocycles. The average Bonchev–Trinajstić information content (AvgIpc) is 3.03. The Morgan fingerprint density at radius 3 is 2.69 bits per heavy atom. The average molecular weight is 518 g/mol. The second kappa shape index (κ2) is 8.09. The third-order valence-electron chi connectivity index (χ3n) is 4.95. The zero-order chi connectivity index (χ0) is 17.6. The fraction of sp³-hybridized carbons (Fsp3) is 0.263. The Morgan fingerprint density at radius 2 is 1.96 bits per heavy atom. The molecule has 0 saturated carbocycles. The van der Waals surface area contributed by atoms with E-state index in [9.17, 15) is 0 Å². The predicted octanol–water partition coefficient (Wildman–Crippen LogP) is 1.71. The van der Waals surface area contributed by atoms with Crippen LogP contribution in [0.1, 0.15) is 29.2 Å². The van der Waals surface area contributed by atoms with Gasteiger partial charge in [-0.05, 0) is 48.6 Å². The number of hydrogen-bond acceptors (Lipinski definition) is 2. The number of nitrogens with zero attached hydrogens (tertiary/aromatic N) is 2. The molecule has 0 aromatic heterocycles. The molecule has 3 nitrogen and oxygen atoms in total. The SMILES string of the molecule is CS/C(N)=[N+]1/N=C2c3ccccc3CC[C@H]2[C@H]1c1ccc(Cl)c(Cl)c1.[I-]. The molecule has 1 aliphatic carbocycles. The van der Waals surface area contributed by atoms with Crippen LogP contribution in [-0.4, -0.2) is 21.8 Å². The van der Waals surface area contributed by atoms with Gasteiger partial charge < -0.3 is 24.0 Å². The smallest absolute Gasteiger partial charge is 0.329 e. The first-order valence-corrected chi connectivity index (χ1v) is 10.2. The summed E-state index contributed by atoms with van der Waals surface area (Å²) in [6, 6.07) is 14.4. The second-order valence-electron chi connectivity index (χ2n) is 6.29. The summed E-state index contributed by atoms with van der Waals surface area (Å²) >= 11 is 13.9. The highest BCUT2D eigenvalue weighted by atomic mass is 127. The quantitative estimate of drug-likeness (QED) is 0.355. The van der Waals surface area contributed by atoms with Crippen LogP contribution in [0.5, 0.6) is 0 Å². The molecule has 2 atom stereocenters. The molecule has 0 saturated heterocycles. The molecule has 1 heterocycles. The second-order valence-corrected chi connectivity index (χ2v) is 7.93. The number of thioether (sulfide) groups is 1. The van der Waals surface area contributed by atoms with Crippen LogP contribution in [0.4, 0.5) is 0 Å². The Labute approximate surface area is 184 Å². The number of rotatable bonds is 1. The van der Waals surface area contributed by atoms with Crippen LogP contribution in [0.2, 0.25) is 10.0 Å². The van der Waals surface area contributed by atoms with Crippen molar-refractivity contribution in [3.63, 3.8) is 0 Å². The number of hydrogen-bond donors (Lipinski definition) is 1. The van der Waals surface area contributed by atoms with E-state index in [2.05, 4.69) is 24.3 Å². The lowest BCUT2D eigenvalue weighted by molar-refractivity contribution is -0.571. The van der Waals surface area contributed by atoms with Gasteiger partial charge in [0.1, 0.15) is 0 Å². The van der Waals surface area contributed by atoms with Gasteiger partial charge in [0, 0.05) is 11.1 Å². The molecule has 136 valence electrons. The van der Waals surface area contributed by atoms with Crippen molar-refractivity contribution in [1.29, 1.82) is 0 Å². The molecule has 4 rings (SSSR count). The molecule has 2 aromatic carbocycles. The van der Waals surface area contributed by atoms with E-state index >= 15 is 0 Å². The van der Waals surface area contributed by atoms with E-state index in [0.717, 1.165) is 24.1 Å². The van der Waals surface area contributed by atoms with Crippen LogP contribution in [0, 0.1) is 5.92 Å². The number of benzene rings is 2. The van der Waals surface area contributed by atoms with E-state index < -0.39 is 0 Å². The van der Waals surface area contributed by atoms with Crippen LogP contribution in [0.15, 0.2) is 47.6 Å². The van der Waals surface area contributed by atoms with E-state index in [-0.39, 0.29) is 35.9 Å². The Balaban J connectivity index is 0.00000196. The van der Waals surface area contributed by atoms with Gasteiger partial charge >= 0.3 is 5.17 Å². The summed E-state index contributed by atoms with van der Waals surface area (Å²) < 4.78 is 1.95. The fourth-order valence-electron chi connectivity index (χ4n) is 3.77. The summed E-state index contributed by atoms with van der Waals surface area (Å²) in [6.45, 7) is 0. The molecule has 0 amide bonds. The number of aryl methyl sites for hydroxylation is 1. The zero-order valence-electron chi connectivity index (χ0n) is 14.1. The number of hydrazone groups is 1. The van der Waals surface area contributed by atoms with Crippen molar-refractivity contribution in [3.05, 3.63) is 69.2 Å². The molecule has 2 aliphatic rings. The lowest BCUT2D eigenvalue weighted by atomic mass is 9.77. The predicted molar refractivity (Wildman–Crippen MR) is 107 cm³/mol. The first-order chi connectivity index (χ1) is 12.1. The van der Waals surface area contributed by atoms with Gasteiger partial charge in [-0.25, -0.2) is 0 Å². The van der Waals surface area contributed by atoms with E-state index in [1.165, 1.54) is 22.9 Å². The largest absolute Gasteiger partial charge is 1.00 e. The number of halogens is 3. The van der Waals surface area contributed by atoms with Gasteiger partial charge in [-0.3, -0.25) is 5.73 Å². The van der Waals surface area contributed by atoms with Crippen molar-refractivity contribution < 1.29 is 28.7 Å². The summed E-state index contributed by atoms with van der Waals surface area (Å²) in [5.41, 5.74) is 11.1. The van der Waals surface area contributed by atoms with Gasteiger partial charge in [0.05, 0.1) is 21.7 Å². The standard InChI is InChI=1S/C19H17Cl2N3S.HI/c1-25-19(22)24-18(12-7-9-15(20)16(21)10-12)14-8-6-11-4-2-3-5-13(11)17(14)23-24;/h2-5,7,9-10,14,18,22H,6,8H2,1H3;1H/t14-,18-;/m1./s1. The highest BCUT2D eigenvalue weighted by molar-refractivity contribution is 8.12. The first kappa shape index (κ1) is 20.0. The number of amidine groups is 1. The molecule has 0 radical (unpaired) electrons. The maximum Gasteiger partial charge on any atom is 0.329 e. The minimum Gasteiger partial charge on any atom is -1.00 e. The van der Waals surface area contributed by atoms with Gasteiger partial charge in [-0.2, -0.15) is 0 Å². The van der Waals surface area contributed by atoms with Crippen molar-refractivity contribution in [3.8, 4) is 0 Å². The van der Waals surface area contributed by atoms with E-state index in [0.29, 0.717) is 15.2 Å². The summed E-state index contributed by atoms with van der Waals surface area (Å²) in [7, 11) is 0. The van der Waals surface area contributed by atoms with Gasteiger partial charge in [-0.15, -0.1) is 4.68 Å². The molecule has 2 aromatic rings. The Morgan fingerprint density at radius 1 is 1.19 bits per heavy atom. The lowest BCUT2D eigenvalue weighted by Crippen LogP contribution is -3.00. The molecular weight excluding hydrogens is 500 g/mol. The topological polar surface area (TPSA) is 41.4 Å². The van der Waals surface area contributed by atoms with Gasteiger partial charge in [0.2, 0.25) is 0 Å². The van der Waals surface area contributed by atoms with E-state index in [1.54, 1.807) is 0 Å². The van der Waals surface area contributed by atoms with E-state index in [1.807, 2.05) is 29.1 Å². The molecule has 0 bridgehead atoms. The van der Waals surface area contributed by atoms with Gasteiger partial charge in [0.25, 0.3) is 0 Å². The summed E-state index contributed by atoms with van der Waals surface area (Å²) in [5, 5.41) is 6.74. The lowest BCUT2D eigenvalue weighted by Gasteiger charge is -2.25. The number of fused-ring (bicyclic) bond motifs is 3. The highest BCUT2D eigenvalue weighted by Gasteiger charge is 2.44. The Bertz CT molecular complexity index is 913. The molecule has 26 heavy (non-hydrogen) atoms. The summed E-state index contributed by atoms with van der Waals surface area (Å²) in [4.78, 5) is 0. The summed E-state index contributed by atoms with van der Waals surface area (Å²) in [5.74, 6) is 0.290. The maximum absolute atomic E-state index is 6.29. The van der Waals surface area contributed by atoms with Crippen molar-refractivity contribution in [1.82, 2.24) is 0 Å². The third-order valence-corrected chi connectivity index (χ3v) is 6.29. The van der Waals surface area contributed by atoms with Crippen LogP contribution in [0.25, 0.3) is 0 Å². The monoisotopic (exact) mass is 517 g/mol. The zero-order valence-corrected chi connectivity index (χ0v) is 18.6.